The van der Waals surface area contributed by atoms with Crippen molar-refractivity contribution in [3.8, 4) is 0 Å². The lowest BCUT2D eigenvalue weighted by molar-refractivity contribution is -0.132. The fraction of sp³-hybridized carbons (Fsp3) is 0.429. The van der Waals surface area contributed by atoms with E-state index in [9.17, 15) is 13.2 Å². The molecular formula is C21H26N4O3S2. The number of carbonyl (C=O) groups is 1. The van der Waals surface area contributed by atoms with Gasteiger partial charge in [-0.1, -0.05) is 13.0 Å². The molecule has 4 rings (SSSR count). The van der Waals surface area contributed by atoms with Crippen molar-refractivity contribution in [2.24, 2.45) is 5.14 Å². The molecule has 2 aromatic heterocycles. The zero-order valence-corrected chi connectivity index (χ0v) is 18.6. The number of aromatic nitrogens is 2. The molecule has 9 heteroatoms. The van der Waals surface area contributed by atoms with E-state index in [2.05, 4.69) is 27.9 Å². The van der Waals surface area contributed by atoms with Crippen molar-refractivity contribution in [3.63, 3.8) is 0 Å². The van der Waals surface area contributed by atoms with Gasteiger partial charge in [0.15, 0.2) is 0 Å². The van der Waals surface area contributed by atoms with E-state index in [1.807, 2.05) is 11.0 Å². The summed E-state index contributed by atoms with van der Waals surface area (Å²) in [7, 11) is -3.78. The molecule has 1 unspecified atom stereocenters. The summed E-state index contributed by atoms with van der Waals surface area (Å²) in [6.45, 7) is 3.64. The molecule has 1 amide bonds. The van der Waals surface area contributed by atoms with Gasteiger partial charge in [0.1, 0.15) is 5.82 Å². The van der Waals surface area contributed by atoms with Crippen molar-refractivity contribution in [1.82, 2.24) is 14.5 Å². The topological polar surface area (TPSA) is 98.3 Å². The van der Waals surface area contributed by atoms with Crippen LogP contribution < -0.4 is 5.14 Å². The van der Waals surface area contributed by atoms with Crippen LogP contribution in [0.4, 0.5) is 0 Å². The summed E-state index contributed by atoms with van der Waals surface area (Å²) in [6, 6.07) is 9.08. The van der Waals surface area contributed by atoms with Crippen molar-refractivity contribution in [2.45, 2.75) is 56.5 Å². The maximum absolute atomic E-state index is 13.0. The quantitative estimate of drug-likeness (QED) is 0.601. The lowest BCUT2D eigenvalue weighted by atomic mass is 10.1. The molecule has 0 bridgehead atoms. The van der Waals surface area contributed by atoms with Crippen LogP contribution in [-0.2, 0) is 27.8 Å². The first kappa shape index (κ1) is 21.0. The molecule has 160 valence electrons. The number of aryl methyl sites for hydroxylation is 2. The molecular weight excluding hydrogens is 420 g/mol. The van der Waals surface area contributed by atoms with Crippen LogP contribution >= 0.6 is 11.3 Å². The number of hydrogen-bond donors (Lipinski definition) is 1. The molecule has 1 fully saturated rings. The largest absolute Gasteiger partial charge is 0.335 e. The summed E-state index contributed by atoms with van der Waals surface area (Å²) in [6.07, 6.45) is 3.86. The highest BCUT2D eigenvalue weighted by atomic mass is 32.2. The third kappa shape index (κ3) is 4.14. The first-order valence-electron chi connectivity index (χ1n) is 10.2. The Hall–Kier alpha value is -2.23. The van der Waals surface area contributed by atoms with Crippen molar-refractivity contribution >= 4 is 38.3 Å². The average molecular weight is 447 g/mol. The Kier molecular flexibility index (Phi) is 5.95. The van der Waals surface area contributed by atoms with Gasteiger partial charge in [-0.2, -0.15) is 0 Å². The lowest BCUT2D eigenvalue weighted by Gasteiger charge is -2.24. The van der Waals surface area contributed by atoms with Gasteiger partial charge in [-0.25, -0.2) is 18.5 Å². The SMILES string of the molecule is CCCn1c(CCC(=O)N2CCCC2c2cccs2)nc2cc(S(N)(=O)=O)ccc21. The van der Waals surface area contributed by atoms with Crippen LogP contribution in [0.2, 0.25) is 0 Å². The number of imidazole rings is 1. The first-order chi connectivity index (χ1) is 14.4. The molecule has 3 heterocycles. The van der Waals surface area contributed by atoms with Crippen LogP contribution in [0.25, 0.3) is 11.0 Å². The minimum Gasteiger partial charge on any atom is -0.335 e. The number of primary sulfonamides is 1. The molecule has 2 N–H and O–H groups in total. The van der Waals surface area contributed by atoms with E-state index in [4.69, 9.17) is 5.14 Å². The first-order valence-corrected chi connectivity index (χ1v) is 12.7. The van der Waals surface area contributed by atoms with Gasteiger partial charge in [0.2, 0.25) is 15.9 Å². The second kappa shape index (κ2) is 8.49. The fourth-order valence-corrected chi connectivity index (χ4v) is 5.61. The van der Waals surface area contributed by atoms with Crippen LogP contribution in [-0.4, -0.2) is 35.3 Å². The number of nitrogens with zero attached hydrogens (tertiary/aromatic N) is 3. The summed E-state index contributed by atoms with van der Waals surface area (Å²) in [5.74, 6) is 0.949. The minimum absolute atomic E-state index is 0.0506. The van der Waals surface area contributed by atoms with E-state index in [1.54, 1.807) is 17.4 Å². The molecule has 0 aliphatic carbocycles. The summed E-state index contributed by atoms with van der Waals surface area (Å²) in [4.78, 5) is 20.9. The third-order valence-electron chi connectivity index (χ3n) is 5.58. The van der Waals surface area contributed by atoms with E-state index in [1.165, 1.54) is 17.0 Å². The Balaban J connectivity index is 1.55. The fourth-order valence-electron chi connectivity index (χ4n) is 4.20. The number of hydrogen-bond acceptors (Lipinski definition) is 5. The van der Waals surface area contributed by atoms with Gasteiger partial charge in [0.25, 0.3) is 0 Å². The highest BCUT2D eigenvalue weighted by molar-refractivity contribution is 7.89. The number of fused-ring (bicyclic) bond motifs is 1. The van der Waals surface area contributed by atoms with E-state index in [-0.39, 0.29) is 16.8 Å². The average Bonchev–Trinajstić information content (AvgIpc) is 3.44. The van der Waals surface area contributed by atoms with Gasteiger partial charge in [0, 0.05) is 30.8 Å². The zero-order valence-electron chi connectivity index (χ0n) is 17.0. The van der Waals surface area contributed by atoms with Crippen LogP contribution in [0.3, 0.4) is 0 Å². The standard InChI is InChI=1S/C21H26N4O3S2/c1-2-11-24-17-8-7-15(30(22,27)28)14-16(17)23-20(24)9-10-21(26)25-12-3-5-18(25)19-6-4-13-29-19/h4,6-8,13-14,18H,2-3,5,9-12H2,1H3,(H2,22,27,28). The minimum atomic E-state index is -3.78. The van der Waals surface area contributed by atoms with Crippen LogP contribution in [0.5, 0.6) is 0 Å². The Morgan fingerprint density at radius 2 is 2.17 bits per heavy atom. The summed E-state index contributed by atoms with van der Waals surface area (Å²) >= 11 is 1.70. The van der Waals surface area contributed by atoms with Gasteiger partial charge in [-0.15, -0.1) is 11.3 Å². The van der Waals surface area contributed by atoms with Gasteiger partial charge >= 0.3 is 0 Å². The van der Waals surface area contributed by atoms with Crippen molar-refractivity contribution in [2.75, 3.05) is 6.54 Å². The number of rotatable bonds is 7. The van der Waals surface area contributed by atoms with Gasteiger partial charge in [-0.05, 0) is 48.9 Å². The van der Waals surface area contributed by atoms with Crippen LogP contribution in [0.15, 0.2) is 40.6 Å². The molecule has 0 radical (unpaired) electrons. The number of nitrogens with two attached hydrogens (primary N) is 1. The predicted octanol–water partition coefficient (Wildman–Crippen LogP) is 3.45. The molecule has 0 spiro atoms. The number of amides is 1. The second-order valence-corrected chi connectivity index (χ2v) is 10.2. The van der Waals surface area contributed by atoms with Gasteiger partial charge < -0.3 is 9.47 Å². The molecule has 0 saturated carbocycles. The van der Waals surface area contributed by atoms with E-state index in [0.29, 0.717) is 18.4 Å². The number of carbonyl (C=O) groups excluding carboxylic acids is 1. The number of thiophene rings is 1. The van der Waals surface area contributed by atoms with Crippen molar-refractivity contribution < 1.29 is 13.2 Å². The van der Waals surface area contributed by atoms with E-state index in [0.717, 1.165) is 43.7 Å². The Morgan fingerprint density at radius 3 is 2.87 bits per heavy atom. The Morgan fingerprint density at radius 1 is 1.33 bits per heavy atom. The second-order valence-electron chi connectivity index (χ2n) is 7.64. The maximum Gasteiger partial charge on any atom is 0.238 e. The number of benzene rings is 1. The molecule has 3 aromatic rings. The van der Waals surface area contributed by atoms with Crippen LogP contribution in [0, 0.1) is 0 Å². The van der Waals surface area contributed by atoms with E-state index < -0.39 is 10.0 Å². The summed E-state index contributed by atoms with van der Waals surface area (Å²) < 4.78 is 25.4. The molecule has 30 heavy (non-hydrogen) atoms. The number of likely N-dealkylation sites (tertiary alicyclic amines) is 1. The monoisotopic (exact) mass is 446 g/mol. The van der Waals surface area contributed by atoms with Crippen LogP contribution in [0.1, 0.15) is 49.4 Å². The van der Waals surface area contributed by atoms with Gasteiger partial charge in [0.05, 0.1) is 22.0 Å². The lowest BCUT2D eigenvalue weighted by Crippen LogP contribution is -2.30. The molecule has 1 aromatic carbocycles. The maximum atomic E-state index is 13.0. The van der Waals surface area contributed by atoms with Gasteiger partial charge in [-0.3, -0.25) is 4.79 Å². The predicted molar refractivity (Wildman–Crippen MR) is 118 cm³/mol. The molecule has 1 saturated heterocycles. The Bertz CT molecular complexity index is 1150. The Labute approximate surface area is 180 Å². The molecule has 7 nitrogen and oxygen atoms in total. The summed E-state index contributed by atoms with van der Waals surface area (Å²) in [5.41, 5.74) is 1.46. The van der Waals surface area contributed by atoms with Crippen molar-refractivity contribution in [3.05, 3.63) is 46.4 Å². The third-order valence-corrected chi connectivity index (χ3v) is 7.47. The smallest absolute Gasteiger partial charge is 0.238 e. The normalized spacial score (nSPS) is 17.1. The summed E-state index contributed by atoms with van der Waals surface area (Å²) in [5, 5.41) is 7.32. The molecule has 1 aliphatic rings. The highest BCUT2D eigenvalue weighted by Crippen LogP contribution is 2.35. The molecule has 1 aliphatic heterocycles. The highest BCUT2D eigenvalue weighted by Gasteiger charge is 2.30. The van der Waals surface area contributed by atoms with Crippen molar-refractivity contribution in [1.29, 1.82) is 0 Å². The van der Waals surface area contributed by atoms with E-state index >= 15 is 0 Å². The number of sulfonamides is 1. The molecule has 1 atom stereocenters. The zero-order chi connectivity index (χ0) is 21.3.